The molecule has 0 unspecified atom stereocenters. The molecule has 0 atom stereocenters. The molecule has 0 spiro atoms. The lowest BCUT2D eigenvalue weighted by Crippen LogP contribution is -2.32. The highest BCUT2D eigenvalue weighted by molar-refractivity contribution is 5.20. The van der Waals surface area contributed by atoms with Crippen molar-refractivity contribution < 1.29 is 0 Å². The van der Waals surface area contributed by atoms with Crippen LogP contribution in [0.15, 0.2) is 4.79 Å². The monoisotopic (exact) mass is 193 g/mol. The molecule has 0 radical (unpaired) electrons. The van der Waals surface area contributed by atoms with E-state index < -0.39 is 0 Å². The molecule has 0 saturated heterocycles. The molecule has 1 aliphatic rings. The molecule has 0 aromatic carbocycles. The summed E-state index contributed by atoms with van der Waals surface area (Å²) < 4.78 is 0. The van der Waals surface area contributed by atoms with Gasteiger partial charge in [-0.2, -0.15) is 0 Å². The zero-order valence-electron chi connectivity index (χ0n) is 8.39. The molecule has 2 N–H and O–H groups in total. The number of nitrogens with one attached hydrogen (secondary N) is 2. The predicted octanol–water partition coefficient (Wildman–Crippen LogP) is 0.368. The molecule has 0 amide bonds. The maximum atomic E-state index is 11.6. The fourth-order valence-electron chi connectivity index (χ4n) is 1.76. The van der Waals surface area contributed by atoms with Crippen molar-refractivity contribution in [2.24, 2.45) is 0 Å². The number of hydrogen-bond acceptors (Lipinski definition) is 3. The van der Waals surface area contributed by atoms with Gasteiger partial charge in [-0.05, 0) is 6.42 Å². The Balaban J connectivity index is 2.41. The first-order valence-electron chi connectivity index (χ1n) is 5.13. The standard InChI is InChI=1S/C10H15N3O/c1-2-3-9-12-8-4-5-11-6-7(8)10(14)13-9/h11H,2-6H2,1H3,(H,12,13,14). The van der Waals surface area contributed by atoms with Gasteiger partial charge in [0.2, 0.25) is 0 Å². The molecule has 0 bridgehead atoms. The summed E-state index contributed by atoms with van der Waals surface area (Å²) in [5, 5.41) is 3.17. The summed E-state index contributed by atoms with van der Waals surface area (Å²) >= 11 is 0. The first kappa shape index (κ1) is 9.40. The minimum absolute atomic E-state index is 0.0330. The molecular weight excluding hydrogens is 178 g/mol. The van der Waals surface area contributed by atoms with Gasteiger partial charge in [0.15, 0.2) is 0 Å². The number of rotatable bonds is 2. The van der Waals surface area contributed by atoms with Crippen molar-refractivity contribution in [1.82, 2.24) is 15.3 Å². The summed E-state index contributed by atoms with van der Waals surface area (Å²) in [5.41, 5.74) is 1.83. The minimum atomic E-state index is 0.0330. The van der Waals surface area contributed by atoms with Gasteiger partial charge in [-0.1, -0.05) is 6.92 Å². The Bertz CT molecular complexity index is 383. The molecule has 0 aliphatic carbocycles. The summed E-state index contributed by atoms with van der Waals surface area (Å²) in [6, 6.07) is 0. The maximum Gasteiger partial charge on any atom is 0.255 e. The molecule has 0 fully saturated rings. The van der Waals surface area contributed by atoms with Crippen molar-refractivity contribution >= 4 is 0 Å². The maximum absolute atomic E-state index is 11.6. The van der Waals surface area contributed by atoms with Gasteiger partial charge in [0.05, 0.1) is 11.3 Å². The van der Waals surface area contributed by atoms with E-state index in [4.69, 9.17) is 0 Å². The summed E-state index contributed by atoms with van der Waals surface area (Å²) in [6.07, 6.45) is 2.74. The average molecular weight is 193 g/mol. The predicted molar refractivity (Wildman–Crippen MR) is 54.3 cm³/mol. The normalized spacial score (nSPS) is 15.2. The molecule has 76 valence electrons. The van der Waals surface area contributed by atoms with Crippen molar-refractivity contribution in [3.8, 4) is 0 Å². The van der Waals surface area contributed by atoms with E-state index in [0.717, 1.165) is 42.9 Å². The number of H-pyrrole nitrogens is 1. The number of nitrogens with zero attached hydrogens (tertiary/aromatic N) is 1. The zero-order valence-corrected chi connectivity index (χ0v) is 8.39. The van der Waals surface area contributed by atoms with Crippen LogP contribution in [0, 0.1) is 0 Å². The van der Waals surface area contributed by atoms with Gasteiger partial charge in [0.1, 0.15) is 5.82 Å². The van der Waals surface area contributed by atoms with Crippen LogP contribution in [0.25, 0.3) is 0 Å². The van der Waals surface area contributed by atoms with Gasteiger partial charge in [0.25, 0.3) is 5.56 Å². The Hall–Kier alpha value is -1.16. The molecule has 14 heavy (non-hydrogen) atoms. The van der Waals surface area contributed by atoms with Crippen LogP contribution >= 0.6 is 0 Å². The molecule has 4 nitrogen and oxygen atoms in total. The van der Waals surface area contributed by atoms with Crippen LogP contribution in [0.5, 0.6) is 0 Å². The minimum Gasteiger partial charge on any atom is -0.312 e. The van der Waals surface area contributed by atoms with Crippen molar-refractivity contribution in [3.05, 3.63) is 27.4 Å². The summed E-state index contributed by atoms with van der Waals surface area (Å²) in [6.45, 7) is 3.67. The van der Waals surface area contributed by atoms with E-state index in [1.807, 2.05) is 0 Å². The first-order valence-corrected chi connectivity index (χ1v) is 5.13. The third-order valence-corrected chi connectivity index (χ3v) is 2.48. The Labute approximate surface area is 82.8 Å². The third kappa shape index (κ3) is 1.70. The number of aryl methyl sites for hydroxylation is 1. The molecule has 1 aromatic heterocycles. The largest absolute Gasteiger partial charge is 0.312 e. The van der Waals surface area contributed by atoms with E-state index in [1.165, 1.54) is 0 Å². The van der Waals surface area contributed by atoms with Gasteiger partial charge >= 0.3 is 0 Å². The van der Waals surface area contributed by atoms with Crippen LogP contribution in [-0.2, 0) is 19.4 Å². The van der Waals surface area contributed by atoms with Gasteiger partial charge in [-0.25, -0.2) is 4.98 Å². The highest BCUT2D eigenvalue weighted by Crippen LogP contribution is 2.06. The Morgan fingerprint density at radius 2 is 2.36 bits per heavy atom. The lowest BCUT2D eigenvalue weighted by Gasteiger charge is -2.15. The Kier molecular flexibility index (Phi) is 2.63. The SMILES string of the molecule is CCCc1nc2c(c(=O)[nH]1)CNCC2. The summed E-state index contributed by atoms with van der Waals surface area (Å²) in [5.74, 6) is 0.832. The van der Waals surface area contributed by atoms with Crippen molar-refractivity contribution in [1.29, 1.82) is 0 Å². The molecule has 1 aliphatic heterocycles. The molecular formula is C10H15N3O. The van der Waals surface area contributed by atoms with Crippen LogP contribution in [0.2, 0.25) is 0 Å². The number of hydrogen-bond donors (Lipinski definition) is 2. The highest BCUT2D eigenvalue weighted by Gasteiger charge is 2.14. The van der Waals surface area contributed by atoms with Gasteiger partial charge < -0.3 is 10.3 Å². The molecule has 2 rings (SSSR count). The second-order valence-electron chi connectivity index (χ2n) is 3.61. The molecule has 0 saturated carbocycles. The quantitative estimate of drug-likeness (QED) is 0.713. The topological polar surface area (TPSA) is 57.8 Å². The van der Waals surface area contributed by atoms with Crippen LogP contribution in [0.3, 0.4) is 0 Å². The Morgan fingerprint density at radius 3 is 3.14 bits per heavy atom. The van der Waals surface area contributed by atoms with Gasteiger partial charge in [-0.3, -0.25) is 4.79 Å². The van der Waals surface area contributed by atoms with E-state index >= 15 is 0 Å². The van der Waals surface area contributed by atoms with Crippen molar-refractivity contribution in [2.45, 2.75) is 32.7 Å². The highest BCUT2D eigenvalue weighted by atomic mass is 16.1. The van der Waals surface area contributed by atoms with E-state index in [0.29, 0.717) is 6.54 Å². The first-order chi connectivity index (χ1) is 6.81. The summed E-state index contributed by atoms with van der Waals surface area (Å²) in [4.78, 5) is 18.9. The van der Waals surface area contributed by atoms with Crippen LogP contribution in [0.4, 0.5) is 0 Å². The fraction of sp³-hybridized carbons (Fsp3) is 0.600. The van der Waals surface area contributed by atoms with E-state index in [2.05, 4.69) is 22.2 Å². The number of aromatic nitrogens is 2. The van der Waals surface area contributed by atoms with Crippen LogP contribution < -0.4 is 10.9 Å². The van der Waals surface area contributed by atoms with Gasteiger partial charge in [0, 0.05) is 25.9 Å². The van der Waals surface area contributed by atoms with Crippen LogP contribution in [-0.4, -0.2) is 16.5 Å². The van der Waals surface area contributed by atoms with E-state index in [-0.39, 0.29) is 5.56 Å². The lowest BCUT2D eigenvalue weighted by atomic mass is 10.1. The second-order valence-corrected chi connectivity index (χ2v) is 3.61. The lowest BCUT2D eigenvalue weighted by molar-refractivity contribution is 0.612. The smallest absolute Gasteiger partial charge is 0.255 e. The molecule has 4 heteroatoms. The molecule has 1 aromatic rings. The third-order valence-electron chi connectivity index (χ3n) is 2.48. The van der Waals surface area contributed by atoms with E-state index in [9.17, 15) is 4.79 Å². The average Bonchev–Trinajstić information content (AvgIpc) is 2.18. The second kappa shape index (κ2) is 3.92. The number of fused-ring (bicyclic) bond motifs is 1. The summed E-state index contributed by atoms with van der Waals surface area (Å²) in [7, 11) is 0. The Morgan fingerprint density at radius 1 is 1.50 bits per heavy atom. The molecule has 2 heterocycles. The fourth-order valence-corrected chi connectivity index (χ4v) is 1.76. The van der Waals surface area contributed by atoms with Crippen molar-refractivity contribution in [3.63, 3.8) is 0 Å². The van der Waals surface area contributed by atoms with E-state index in [1.54, 1.807) is 0 Å². The van der Waals surface area contributed by atoms with Crippen molar-refractivity contribution in [2.75, 3.05) is 6.54 Å². The number of aromatic amines is 1. The van der Waals surface area contributed by atoms with Crippen LogP contribution in [0.1, 0.15) is 30.4 Å². The zero-order chi connectivity index (χ0) is 9.97. The van der Waals surface area contributed by atoms with Gasteiger partial charge in [-0.15, -0.1) is 0 Å².